The first kappa shape index (κ1) is 34.8. The standard InChI is InChI=1S/C39H69NO3/c1-26(2)13-12-14-28(5)32-17-18-33-31-16-15-29-23-30(19-21-38(29,10)34(31)20-22-39(32,33)11)43-35(41)40-24-36(6,7)25-42-37(8,9)27(3)4/h15,26-28,30-34H,12-14,16-25H2,1-11H3,(H,40,41)/t28-,30+,31+,32-,33+,34+,38+,39-/m1/s1. The van der Waals surface area contributed by atoms with Crippen molar-refractivity contribution in [3.63, 3.8) is 0 Å². The van der Waals surface area contributed by atoms with Crippen LogP contribution in [0.5, 0.6) is 0 Å². The van der Waals surface area contributed by atoms with Crippen molar-refractivity contribution in [3.8, 4) is 0 Å². The first-order chi connectivity index (χ1) is 20.0. The number of carbonyl (C=O) groups is 1. The third-order valence-electron chi connectivity index (χ3n) is 13.5. The number of amides is 1. The van der Waals surface area contributed by atoms with Crippen LogP contribution in [0.15, 0.2) is 11.6 Å². The Labute approximate surface area is 266 Å². The Morgan fingerprint density at radius 3 is 2.37 bits per heavy atom. The van der Waals surface area contributed by atoms with Crippen molar-refractivity contribution in [3.05, 3.63) is 11.6 Å². The van der Waals surface area contributed by atoms with Crippen LogP contribution in [0.4, 0.5) is 4.79 Å². The number of hydrogen-bond acceptors (Lipinski definition) is 3. The normalized spacial score (nSPS) is 35.2. The van der Waals surface area contributed by atoms with E-state index in [1.165, 1.54) is 51.4 Å². The van der Waals surface area contributed by atoms with Crippen molar-refractivity contribution in [2.75, 3.05) is 13.2 Å². The molecule has 4 aliphatic carbocycles. The molecule has 4 heteroatoms. The molecule has 1 N–H and O–H groups in total. The van der Waals surface area contributed by atoms with E-state index >= 15 is 0 Å². The fraction of sp³-hybridized carbons (Fsp3) is 0.923. The molecule has 0 aromatic heterocycles. The Morgan fingerprint density at radius 1 is 0.977 bits per heavy atom. The number of nitrogens with one attached hydrogen (secondary N) is 1. The molecule has 0 spiro atoms. The molecule has 1 amide bonds. The van der Waals surface area contributed by atoms with Crippen molar-refractivity contribution in [1.82, 2.24) is 5.32 Å². The van der Waals surface area contributed by atoms with E-state index in [0.717, 1.165) is 54.8 Å². The van der Waals surface area contributed by atoms with E-state index in [9.17, 15) is 4.79 Å². The van der Waals surface area contributed by atoms with Crippen LogP contribution in [0, 0.1) is 57.7 Å². The third kappa shape index (κ3) is 7.69. The van der Waals surface area contributed by atoms with Crippen molar-refractivity contribution in [2.45, 2.75) is 158 Å². The molecule has 0 saturated heterocycles. The lowest BCUT2D eigenvalue weighted by Crippen LogP contribution is -2.51. The van der Waals surface area contributed by atoms with Gasteiger partial charge in [-0.3, -0.25) is 0 Å². The molecule has 0 unspecified atom stereocenters. The Kier molecular flexibility index (Phi) is 10.8. The topological polar surface area (TPSA) is 47.6 Å². The number of allylic oxidation sites excluding steroid dienone is 1. The smallest absolute Gasteiger partial charge is 0.407 e. The fourth-order valence-corrected chi connectivity index (χ4v) is 9.86. The Morgan fingerprint density at radius 2 is 1.70 bits per heavy atom. The maximum absolute atomic E-state index is 12.9. The van der Waals surface area contributed by atoms with Crippen LogP contribution < -0.4 is 5.32 Å². The highest BCUT2D eigenvalue weighted by atomic mass is 16.6. The minimum atomic E-state index is -0.271. The second-order valence-corrected chi connectivity index (χ2v) is 18.1. The number of carbonyl (C=O) groups excluding carboxylic acids is 1. The second-order valence-electron chi connectivity index (χ2n) is 18.1. The summed E-state index contributed by atoms with van der Waals surface area (Å²) in [5.41, 5.74) is 2.06. The first-order valence-electron chi connectivity index (χ1n) is 18.3. The molecule has 4 rings (SSSR count). The van der Waals surface area contributed by atoms with Crippen LogP contribution in [0.2, 0.25) is 0 Å². The zero-order chi connectivity index (χ0) is 31.8. The zero-order valence-electron chi connectivity index (χ0n) is 30.1. The van der Waals surface area contributed by atoms with Gasteiger partial charge in [-0.15, -0.1) is 0 Å². The largest absolute Gasteiger partial charge is 0.446 e. The lowest BCUT2D eigenvalue weighted by Gasteiger charge is -2.58. The van der Waals surface area contributed by atoms with E-state index in [2.05, 4.69) is 87.6 Å². The zero-order valence-corrected chi connectivity index (χ0v) is 30.1. The maximum Gasteiger partial charge on any atom is 0.407 e. The summed E-state index contributed by atoms with van der Waals surface area (Å²) in [5, 5.41) is 3.06. The number of fused-ring (bicyclic) bond motifs is 5. The predicted octanol–water partition coefficient (Wildman–Crippen LogP) is 10.6. The van der Waals surface area contributed by atoms with Crippen LogP contribution in [-0.2, 0) is 9.47 Å². The highest BCUT2D eigenvalue weighted by molar-refractivity contribution is 5.67. The van der Waals surface area contributed by atoms with Gasteiger partial charge < -0.3 is 14.8 Å². The summed E-state index contributed by atoms with van der Waals surface area (Å²) in [5.74, 6) is 5.55. The molecule has 0 aromatic carbocycles. The van der Waals surface area contributed by atoms with E-state index in [1.807, 2.05) is 0 Å². The number of ether oxygens (including phenoxy) is 2. The van der Waals surface area contributed by atoms with E-state index in [0.29, 0.717) is 24.5 Å². The van der Waals surface area contributed by atoms with Crippen molar-refractivity contribution in [2.24, 2.45) is 57.7 Å². The minimum Gasteiger partial charge on any atom is -0.446 e. The molecule has 4 aliphatic rings. The summed E-state index contributed by atoms with van der Waals surface area (Å²) >= 11 is 0. The first-order valence-corrected chi connectivity index (χ1v) is 18.3. The molecule has 4 nitrogen and oxygen atoms in total. The highest BCUT2D eigenvalue weighted by Crippen LogP contribution is 2.67. The van der Waals surface area contributed by atoms with Gasteiger partial charge in [0.05, 0.1) is 12.2 Å². The summed E-state index contributed by atoms with van der Waals surface area (Å²) in [4.78, 5) is 12.9. The molecule has 248 valence electrons. The Hall–Kier alpha value is -1.03. The van der Waals surface area contributed by atoms with Gasteiger partial charge in [0.15, 0.2) is 0 Å². The summed E-state index contributed by atoms with van der Waals surface area (Å²) < 4.78 is 12.3. The van der Waals surface area contributed by atoms with E-state index in [-0.39, 0.29) is 28.6 Å². The molecule has 3 fully saturated rings. The summed E-state index contributed by atoms with van der Waals surface area (Å²) in [6.45, 7) is 26.7. The van der Waals surface area contributed by atoms with Gasteiger partial charge in [-0.2, -0.15) is 0 Å². The maximum atomic E-state index is 12.9. The van der Waals surface area contributed by atoms with Gasteiger partial charge in [-0.1, -0.05) is 93.2 Å². The molecule has 8 atom stereocenters. The van der Waals surface area contributed by atoms with Crippen molar-refractivity contribution in [1.29, 1.82) is 0 Å². The molecule has 3 saturated carbocycles. The van der Waals surface area contributed by atoms with Gasteiger partial charge in [0.25, 0.3) is 0 Å². The minimum absolute atomic E-state index is 0.00785. The lowest BCUT2D eigenvalue weighted by molar-refractivity contribution is -0.0806. The van der Waals surface area contributed by atoms with Gasteiger partial charge in [0.2, 0.25) is 0 Å². The summed E-state index contributed by atoms with van der Waals surface area (Å²) in [7, 11) is 0. The van der Waals surface area contributed by atoms with E-state index in [4.69, 9.17) is 9.47 Å². The number of hydrogen-bond donors (Lipinski definition) is 1. The number of rotatable bonds is 12. The Bertz CT molecular complexity index is 981. The summed E-state index contributed by atoms with van der Waals surface area (Å²) in [6.07, 6.45) is 16.5. The van der Waals surface area contributed by atoms with Gasteiger partial charge in [0.1, 0.15) is 6.10 Å². The number of alkyl carbamates (subject to hydrolysis) is 1. The van der Waals surface area contributed by atoms with E-state index < -0.39 is 0 Å². The quantitative estimate of drug-likeness (QED) is 0.227. The molecule has 0 aromatic rings. The highest BCUT2D eigenvalue weighted by Gasteiger charge is 2.59. The predicted molar refractivity (Wildman–Crippen MR) is 180 cm³/mol. The van der Waals surface area contributed by atoms with Crippen LogP contribution in [0.25, 0.3) is 0 Å². The summed E-state index contributed by atoms with van der Waals surface area (Å²) in [6, 6.07) is 0. The molecule has 0 heterocycles. The average molecular weight is 600 g/mol. The van der Waals surface area contributed by atoms with Crippen molar-refractivity contribution >= 4 is 6.09 Å². The SMILES string of the molecule is CC(C)CCC[C@@H](C)[C@H]1CC[C@H]2[C@@H]3CC=C4C[C@@H](OC(=O)NCC(C)(C)COC(C)(C)C(C)C)CC[C@]4(C)[C@H]3CC[C@]12C. The van der Waals surface area contributed by atoms with Gasteiger partial charge in [0, 0.05) is 18.4 Å². The molecular formula is C39H69NO3. The monoisotopic (exact) mass is 600 g/mol. The Balaban J connectivity index is 1.31. The van der Waals surface area contributed by atoms with Gasteiger partial charge >= 0.3 is 6.09 Å². The van der Waals surface area contributed by atoms with Crippen molar-refractivity contribution < 1.29 is 14.3 Å². The molecule has 0 radical (unpaired) electrons. The fourth-order valence-electron chi connectivity index (χ4n) is 9.86. The van der Waals surface area contributed by atoms with Crippen LogP contribution in [-0.4, -0.2) is 30.9 Å². The molecular weight excluding hydrogens is 530 g/mol. The van der Waals surface area contributed by atoms with Crippen LogP contribution in [0.1, 0.15) is 147 Å². The average Bonchev–Trinajstić information content (AvgIpc) is 3.28. The lowest BCUT2D eigenvalue weighted by atomic mass is 9.47. The second kappa shape index (κ2) is 13.4. The van der Waals surface area contributed by atoms with Gasteiger partial charge in [-0.25, -0.2) is 4.79 Å². The third-order valence-corrected chi connectivity index (χ3v) is 13.5. The van der Waals surface area contributed by atoms with Crippen LogP contribution >= 0.6 is 0 Å². The molecule has 0 aliphatic heterocycles. The molecule has 0 bridgehead atoms. The van der Waals surface area contributed by atoms with E-state index in [1.54, 1.807) is 5.57 Å². The van der Waals surface area contributed by atoms with Crippen LogP contribution in [0.3, 0.4) is 0 Å². The van der Waals surface area contributed by atoms with Gasteiger partial charge in [-0.05, 0) is 111 Å². The molecule has 43 heavy (non-hydrogen) atoms.